The lowest BCUT2D eigenvalue weighted by Crippen LogP contribution is -1.92. The number of rotatable bonds is 2. The molecule has 5 heteroatoms. The van der Waals surface area contributed by atoms with Crippen LogP contribution in [0.5, 0.6) is 0 Å². The largest absolute Gasteiger partial charge is 0.298 e. The van der Waals surface area contributed by atoms with Crippen LogP contribution in [0.25, 0.3) is 11.4 Å². The fourth-order valence-corrected chi connectivity index (χ4v) is 1.44. The third-order valence-corrected chi connectivity index (χ3v) is 2.32. The molecule has 1 aromatic heterocycles. The summed E-state index contributed by atoms with van der Waals surface area (Å²) < 4.78 is 12.6. The minimum Gasteiger partial charge on any atom is -0.298 e. The van der Waals surface area contributed by atoms with Crippen LogP contribution < -0.4 is 0 Å². The van der Waals surface area contributed by atoms with E-state index in [1.807, 2.05) is 0 Å². The molecule has 0 saturated heterocycles. The molecule has 0 aliphatic rings. The van der Waals surface area contributed by atoms with Crippen LogP contribution in [0.4, 0.5) is 4.39 Å². The molecule has 0 saturated carbocycles. The monoisotopic (exact) mass is 236 g/mol. The predicted molar refractivity (Wildman–Crippen MR) is 57.8 cm³/mol. The molecule has 0 unspecified atom stereocenters. The maximum atomic E-state index is 12.6. The third kappa shape index (κ3) is 2.06. The predicted octanol–water partition coefficient (Wildman–Crippen LogP) is 2.75. The van der Waals surface area contributed by atoms with E-state index >= 15 is 0 Å². The van der Waals surface area contributed by atoms with Crippen molar-refractivity contribution in [3.05, 3.63) is 47.0 Å². The third-order valence-electron chi connectivity index (χ3n) is 1.99. The maximum absolute atomic E-state index is 12.6. The van der Waals surface area contributed by atoms with Crippen molar-refractivity contribution in [3.63, 3.8) is 0 Å². The van der Waals surface area contributed by atoms with E-state index in [0.717, 1.165) is 12.4 Å². The molecular formula is C11H6ClFN2O. The smallest absolute Gasteiger partial charge is 0.160 e. The first-order valence-electron chi connectivity index (χ1n) is 4.43. The van der Waals surface area contributed by atoms with Crippen molar-refractivity contribution >= 4 is 17.9 Å². The SMILES string of the molecule is O=Cc1ccc(Cl)c(-c2ncc(F)cn2)c1. The number of carbonyl (C=O) groups is 1. The second kappa shape index (κ2) is 4.37. The Balaban J connectivity index is 2.54. The minimum absolute atomic E-state index is 0.287. The van der Waals surface area contributed by atoms with E-state index in [4.69, 9.17) is 11.6 Å². The second-order valence-corrected chi connectivity index (χ2v) is 3.49. The van der Waals surface area contributed by atoms with E-state index in [-0.39, 0.29) is 5.82 Å². The average Bonchev–Trinajstić information content (AvgIpc) is 2.31. The van der Waals surface area contributed by atoms with Gasteiger partial charge in [-0.05, 0) is 12.1 Å². The number of hydrogen-bond acceptors (Lipinski definition) is 3. The van der Waals surface area contributed by atoms with Gasteiger partial charge in [-0.1, -0.05) is 17.7 Å². The minimum atomic E-state index is -0.522. The lowest BCUT2D eigenvalue weighted by Gasteiger charge is -2.03. The van der Waals surface area contributed by atoms with Crippen LogP contribution in [0.3, 0.4) is 0 Å². The summed E-state index contributed by atoms with van der Waals surface area (Å²) in [5.41, 5.74) is 0.971. The van der Waals surface area contributed by atoms with Gasteiger partial charge in [-0.25, -0.2) is 14.4 Å². The zero-order valence-corrected chi connectivity index (χ0v) is 8.78. The molecule has 0 spiro atoms. The highest BCUT2D eigenvalue weighted by Gasteiger charge is 2.07. The molecule has 1 heterocycles. The quantitative estimate of drug-likeness (QED) is 0.753. The molecule has 0 bridgehead atoms. The summed E-state index contributed by atoms with van der Waals surface area (Å²) in [5.74, 6) is -0.235. The van der Waals surface area contributed by atoms with Crippen LogP contribution in [0.2, 0.25) is 5.02 Å². The molecule has 0 fully saturated rings. The number of benzene rings is 1. The number of halogens is 2. The van der Waals surface area contributed by atoms with Gasteiger partial charge in [-0.3, -0.25) is 4.79 Å². The van der Waals surface area contributed by atoms with Crippen LogP contribution in [0.1, 0.15) is 10.4 Å². The lowest BCUT2D eigenvalue weighted by atomic mass is 10.1. The van der Waals surface area contributed by atoms with Gasteiger partial charge < -0.3 is 0 Å². The second-order valence-electron chi connectivity index (χ2n) is 3.08. The first-order valence-corrected chi connectivity index (χ1v) is 4.81. The number of hydrogen-bond donors (Lipinski definition) is 0. The first kappa shape index (κ1) is 10.7. The van der Waals surface area contributed by atoms with Gasteiger partial charge in [-0.2, -0.15) is 0 Å². The highest BCUT2D eigenvalue weighted by atomic mass is 35.5. The molecule has 16 heavy (non-hydrogen) atoms. The van der Waals surface area contributed by atoms with Crippen LogP contribution >= 0.6 is 11.6 Å². The Morgan fingerprint density at radius 1 is 1.25 bits per heavy atom. The molecule has 3 nitrogen and oxygen atoms in total. The van der Waals surface area contributed by atoms with Crippen molar-refractivity contribution < 1.29 is 9.18 Å². The van der Waals surface area contributed by atoms with Crippen molar-refractivity contribution in [2.75, 3.05) is 0 Å². The fourth-order valence-electron chi connectivity index (χ4n) is 1.24. The van der Waals surface area contributed by atoms with Gasteiger partial charge in [0.25, 0.3) is 0 Å². The van der Waals surface area contributed by atoms with Crippen LogP contribution in [-0.2, 0) is 0 Å². The first-order chi connectivity index (χ1) is 7.70. The lowest BCUT2D eigenvalue weighted by molar-refractivity contribution is 0.112. The normalized spacial score (nSPS) is 10.1. The van der Waals surface area contributed by atoms with Crippen molar-refractivity contribution in [3.8, 4) is 11.4 Å². The molecule has 80 valence electrons. The average molecular weight is 237 g/mol. The molecule has 0 aliphatic carbocycles. The molecule has 2 rings (SSSR count). The van der Waals surface area contributed by atoms with Crippen LogP contribution in [0, 0.1) is 5.82 Å². The Hall–Kier alpha value is -1.81. The Bertz CT molecular complexity index is 528. The highest BCUT2D eigenvalue weighted by molar-refractivity contribution is 6.33. The van der Waals surface area contributed by atoms with Gasteiger partial charge >= 0.3 is 0 Å². The van der Waals surface area contributed by atoms with E-state index in [0.29, 0.717) is 22.4 Å². The van der Waals surface area contributed by atoms with Crippen molar-refractivity contribution in [1.29, 1.82) is 0 Å². The van der Waals surface area contributed by atoms with Gasteiger partial charge in [0.05, 0.1) is 17.4 Å². The van der Waals surface area contributed by atoms with Crippen LogP contribution in [-0.4, -0.2) is 16.3 Å². The number of aromatic nitrogens is 2. The van der Waals surface area contributed by atoms with Gasteiger partial charge in [-0.15, -0.1) is 0 Å². The summed E-state index contributed by atoms with van der Waals surface area (Å²) in [6.45, 7) is 0. The highest BCUT2D eigenvalue weighted by Crippen LogP contribution is 2.25. The van der Waals surface area contributed by atoms with Crippen molar-refractivity contribution in [2.24, 2.45) is 0 Å². The molecule has 0 N–H and O–H groups in total. The molecule has 0 aliphatic heterocycles. The molecule has 0 amide bonds. The van der Waals surface area contributed by atoms with Gasteiger partial charge in [0.2, 0.25) is 0 Å². The van der Waals surface area contributed by atoms with Gasteiger partial charge in [0.1, 0.15) is 6.29 Å². The fraction of sp³-hybridized carbons (Fsp3) is 0. The Labute approximate surface area is 95.9 Å². The topological polar surface area (TPSA) is 42.9 Å². The number of carbonyl (C=O) groups excluding carboxylic acids is 1. The zero-order valence-electron chi connectivity index (χ0n) is 8.02. The summed E-state index contributed by atoms with van der Waals surface area (Å²) >= 11 is 5.94. The van der Waals surface area contributed by atoms with Crippen molar-refractivity contribution in [1.82, 2.24) is 9.97 Å². The van der Waals surface area contributed by atoms with Gasteiger partial charge in [0.15, 0.2) is 11.6 Å². The van der Waals surface area contributed by atoms with E-state index < -0.39 is 5.82 Å². The van der Waals surface area contributed by atoms with E-state index in [1.165, 1.54) is 0 Å². The Morgan fingerprint density at radius 3 is 2.56 bits per heavy atom. The summed E-state index contributed by atoms with van der Waals surface area (Å²) in [6.07, 6.45) is 2.79. The van der Waals surface area contributed by atoms with E-state index in [2.05, 4.69) is 9.97 Å². The summed E-state index contributed by atoms with van der Waals surface area (Å²) in [6, 6.07) is 4.72. The molecule has 0 atom stereocenters. The zero-order chi connectivity index (χ0) is 11.5. The van der Waals surface area contributed by atoms with Crippen molar-refractivity contribution in [2.45, 2.75) is 0 Å². The Morgan fingerprint density at radius 2 is 1.94 bits per heavy atom. The Kier molecular flexibility index (Phi) is 2.92. The van der Waals surface area contributed by atoms with Gasteiger partial charge in [0, 0.05) is 11.1 Å². The molecule has 0 radical (unpaired) electrons. The van der Waals surface area contributed by atoms with E-state index in [1.54, 1.807) is 18.2 Å². The summed E-state index contributed by atoms with van der Waals surface area (Å²) in [4.78, 5) is 18.2. The maximum Gasteiger partial charge on any atom is 0.160 e. The standard InChI is InChI=1S/C11H6ClFN2O/c12-10-2-1-7(6-16)3-9(10)11-14-4-8(13)5-15-11/h1-6H. The van der Waals surface area contributed by atoms with Crippen LogP contribution in [0.15, 0.2) is 30.6 Å². The summed E-state index contributed by atoms with van der Waals surface area (Å²) in [5, 5.41) is 0.414. The molecular weight excluding hydrogens is 231 g/mol. The summed E-state index contributed by atoms with van der Waals surface area (Å²) in [7, 11) is 0. The van der Waals surface area contributed by atoms with E-state index in [9.17, 15) is 9.18 Å². The molecule has 1 aromatic carbocycles. The number of aldehydes is 1. The number of nitrogens with zero attached hydrogens (tertiary/aromatic N) is 2. The molecule has 2 aromatic rings.